The highest BCUT2D eigenvalue weighted by Gasteiger charge is 2.11. The Hall–Kier alpha value is -2.84. The Morgan fingerprint density at radius 2 is 1.96 bits per heavy atom. The number of methoxy groups -OCH3 is 1. The van der Waals surface area contributed by atoms with E-state index in [9.17, 15) is 14.9 Å². The molecule has 0 saturated carbocycles. The van der Waals surface area contributed by atoms with E-state index in [0.29, 0.717) is 23.5 Å². The third-order valence-electron chi connectivity index (χ3n) is 3.63. The van der Waals surface area contributed by atoms with Gasteiger partial charge in [-0.05, 0) is 24.3 Å². The van der Waals surface area contributed by atoms with Crippen LogP contribution >= 0.6 is 11.3 Å². The number of nitro groups is 1. The molecule has 0 radical (unpaired) electrons. The SMILES string of the molecule is COCCn1c(=NC(=O)c2ccc([N+](=O)[O-])cc2)sc2ccccc21. The van der Waals surface area contributed by atoms with E-state index in [2.05, 4.69) is 4.99 Å². The molecular weight excluding hydrogens is 342 g/mol. The van der Waals surface area contributed by atoms with Crippen molar-refractivity contribution in [2.75, 3.05) is 13.7 Å². The molecule has 0 fully saturated rings. The number of thiazole rings is 1. The second-order valence-corrected chi connectivity index (χ2v) is 6.23. The number of non-ortho nitro benzene ring substituents is 1. The van der Waals surface area contributed by atoms with Crippen molar-refractivity contribution in [3.8, 4) is 0 Å². The van der Waals surface area contributed by atoms with Crippen LogP contribution < -0.4 is 4.80 Å². The van der Waals surface area contributed by atoms with Gasteiger partial charge < -0.3 is 9.30 Å². The molecule has 1 aromatic heterocycles. The molecule has 0 aliphatic carbocycles. The first kappa shape index (κ1) is 17.0. The summed E-state index contributed by atoms with van der Waals surface area (Å²) in [5.41, 5.74) is 1.23. The summed E-state index contributed by atoms with van der Waals surface area (Å²) in [5, 5.41) is 10.7. The van der Waals surface area contributed by atoms with Crippen molar-refractivity contribution in [3.05, 3.63) is 69.0 Å². The van der Waals surface area contributed by atoms with Crippen LogP contribution in [0.2, 0.25) is 0 Å². The van der Waals surface area contributed by atoms with Gasteiger partial charge in [-0.15, -0.1) is 0 Å². The van der Waals surface area contributed by atoms with Crippen LogP contribution in [0.5, 0.6) is 0 Å². The molecule has 8 heteroatoms. The number of carbonyl (C=O) groups excluding carboxylic acids is 1. The van der Waals surface area contributed by atoms with Crippen molar-refractivity contribution in [3.63, 3.8) is 0 Å². The van der Waals surface area contributed by atoms with Gasteiger partial charge in [-0.1, -0.05) is 23.5 Å². The Kier molecular flexibility index (Phi) is 5.01. The first-order valence-electron chi connectivity index (χ1n) is 7.51. The summed E-state index contributed by atoms with van der Waals surface area (Å²) >= 11 is 1.42. The Morgan fingerprint density at radius 3 is 2.64 bits per heavy atom. The van der Waals surface area contributed by atoms with E-state index in [4.69, 9.17) is 4.74 Å². The summed E-state index contributed by atoms with van der Waals surface area (Å²) in [4.78, 5) is 27.4. The highest BCUT2D eigenvalue weighted by molar-refractivity contribution is 7.16. The largest absolute Gasteiger partial charge is 0.383 e. The van der Waals surface area contributed by atoms with Crippen molar-refractivity contribution in [2.45, 2.75) is 6.54 Å². The third-order valence-corrected chi connectivity index (χ3v) is 4.69. The summed E-state index contributed by atoms with van der Waals surface area (Å²) < 4.78 is 8.10. The number of ether oxygens (including phenoxy) is 1. The van der Waals surface area contributed by atoms with Gasteiger partial charge in [0.05, 0.1) is 21.7 Å². The molecule has 128 valence electrons. The maximum atomic E-state index is 12.4. The molecule has 0 N–H and O–H groups in total. The second kappa shape index (κ2) is 7.37. The van der Waals surface area contributed by atoms with Crippen LogP contribution in [-0.4, -0.2) is 29.1 Å². The van der Waals surface area contributed by atoms with Crippen molar-refractivity contribution < 1.29 is 14.5 Å². The van der Waals surface area contributed by atoms with E-state index in [0.717, 1.165) is 10.2 Å². The van der Waals surface area contributed by atoms with Crippen LogP contribution in [0.15, 0.2) is 53.5 Å². The number of carbonyl (C=O) groups is 1. The number of hydrogen-bond acceptors (Lipinski definition) is 5. The zero-order valence-electron chi connectivity index (χ0n) is 13.4. The molecule has 3 aromatic rings. The van der Waals surface area contributed by atoms with Crippen LogP contribution in [0.4, 0.5) is 5.69 Å². The van der Waals surface area contributed by atoms with E-state index in [1.165, 1.54) is 35.6 Å². The smallest absolute Gasteiger partial charge is 0.279 e. The average molecular weight is 357 g/mol. The standard InChI is InChI=1S/C17H15N3O4S/c1-24-11-10-19-14-4-2-3-5-15(14)25-17(19)18-16(21)12-6-8-13(9-7-12)20(22)23/h2-9H,10-11H2,1H3. The van der Waals surface area contributed by atoms with Gasteiger partial charge in [-0.2, -0.15) is 4.99 Å². The summed E-state index contributed by atoms with van der Waals surface area (Å²) in [7, 11) is 1.62. The van der Waals surface area contributed by atoms with Gasteiger partial charge in [-0.25, -0.2) is 0 Å². The molecule has 0 aliphatic rings. The Labute approximate surface area is 147 Å². The van der Waals surface area contributed by atoms with Crippen LogP contribution in [0, 0.1) is 10.1 Å². The lowest BCUT2D eigenvalue weighted by Crippen LogP contribution is -2.19. The molecule has 1 heterocycles. The number of benzene rings is 2. The molecule has 0 saturated heterocycles. The molecular formula is C17H15N3O4S. The molecule has 0 atom stereocenters. The zero-order valence-corrected chi connectivity index (χ0v) is 14.2. The number of rotatable bonds is 5. The van der Waals surface area contributed by atoms with Gasteiger partial charge in [0.15, 0.2) is 4.80 Å². The quantitative estimate of drug-likeness (QED) is 0.519. The molecule has 3 rings (SSSR count). The van der Waals surface area contributed by atoms with Crippen LogP contribution in [0.25, 0.3) is 10.2 Å². The van der Waals surface area contributed by atoms with Crippen LogP contribution in [0.3, 0.4) is 0 Å². The summed E-state index contributed by atoms with van der Waals surface area (Å²) in [6, 6.07) is 13.2. The fraction of sp³-hybridized carbons (Fsp3) is 0.176. The van der Waals surface area contributed by atoms with Crippen LogP contribution in [0.1, 0.15) is 10.4 Å². The molecule has 0 unspecified atom stereocenters. The first-order chi connectivity index (χ1) is 12.1. The number of nitrogens with zero attached hydrogens (tertiary/aromatic N) is 3. The molecule has 7 nitrogen and oxygen atoms in total. The van der Waals surface area contributed by atoms with Gasteiger partial charge in [0.2, 0.25) is 0 Å². The van der Waals surface area contributed by atoms with Crippen molar-refractivity contribution in [1.29, 1.82) is 0 Å². The van der Waals surface area contributed by atoms with Gasteiger partial charge >= 0.3 is 0 Å². The lowest BCUT2D eigenvalue weighted by atomic mass is 10.2. The minimum absolute atomic E-state index is 0.0615. The number of fused-ring (bicyclic) bond motifs is 1. The Morgan fingerprint density at radius 1 is 1.24 bits per heavy atom. The minimum atomic E-state index is -0.504. The van der Waals surface area contributed by atoms with E-state index >= 15 is 0 Å². The monoisotopic (exact) mass is 357 g/mol. The molecule has 25 heavy (non-hydrogen) atoms. The number of amides is 1. The fourth-order valence-corrected chi connectivity index (χ4v) is 3.44. The van der Waals surface area contributed by atoms with Gasteiger partial charge in [0.1, 0.15) is 0 Å². The normalized spacial score (nSPS) is 11.8. The molecule has 1 amide bonds. The average Bonchev–Trinajstić information content (AvgIpc) is 2.97. The molecule has 0 bridgehead atoms. The predicted molar refractivity (Wildman–Crippen MR) is 94.7 cm³/mol. The lowest BCUT2D eigenvalue weighted by Gasteiger charge is -2.03. The van der Waals surface area contributed by atoms with Crippen molar-refractivity contribution in [2.24, 2.45) is 4.99 Å². The maximum Gasteiger partial charge on any atom is 0.279 e. The van der Waals surface area contributed by atoms with Crippen molar-refractivity contribution >= 4 is 33.1 Å². The number of para-hydroxylation sites is 1. The Bertz CT molecular complexity index is 989. The molecule has 0 spiro atoms. The number of nitro benzene ring substituents is 1. The molecule has 2 aromatic carbocycles. The number of aromatic nitrogens is 1. The van der Waals surface area contributed by atoms with E-state index in [-0.39, 0.29) is 5.69 Å². The summed E-state index contributed by atoms with van der Waals surface area (Å²) in [5.74, 6) is -0.437. The number of hydrogen-bond donors (Lipinski definition) is 0. The van der Waals surface area contributed by atoms with Gasteiger partial charge in [-0.3, -0.25) is 14.9 Å². The van der Waals surface area contributed by atoms with Crippen molar-refractivity contribution in [1.82, 2.24) is 4.57 Å². The van der Waals surface area contributed by atoms with E-state index < -0.39 is 10.8 Å². The minimum Gasteiger partial charge on any atom is -0.383 e. The maximum absolute atomic E-state index is 12.4. The highest BCUT2D eigenvalue weighted by Crippen LogP contribution is 2.17. The third kappa shape index (κ3) is 3.65. The summed E-state index contributed by atoms with van der Waals surface area (Å²) in [6.45, 7) is 1.08. The van der Waals surface area contributed by atoms with Crippen LogP contribution in [-0.2, 0) is 11.3 Å². The zero-order chi connectivity index (χ0) is 17.8. The highest BCUT2D eigenvalue weighted by atomic mass is 32.1. The lowest BCUT2D eigenvalue weighted by molar-refractivity contribution is -0.384. The van der Waals surface area contributed by atoms with Gasteiger partial charge in [0.25, 0.3) is 11.6 Å². The van der Waals surface area contributed by atoms with E-state index in [1.807, 2.05) is 28.8 Å². The van der Waals surface area contributed by atoms with E-state index in [1.54, 1.807) is 7.11 Å². The fourth-order valence-electron chi connectivity index (χ4n) is 2.38. The first-order valence-corrected chi connectivity index (χ1v) is 8.32. The predicted octanol–water partition coefficient (Wildman–Crippen LogP) is 3.00. The molecule has 0 aliphatic heterocycles. The Balaban J connectivity index is 2.01. The second-order valence-electron chi connectivity index (χ2n) is 5.22. The van der Waals surface area contributed by atoms with Gasteiger partial charge in [0, 0.05) is 31.4 Å². The topological polar surface area (TPSA) is 86.7 Å². The summed E-state index contributed by atoms with van der Waals surface area (Å²) in [6.07, 6.45) is 0.